The van der Waals surface area contributed by atoms with Gasteiger partial charge in [-0.05, 0) is 144 Å². The fourth-order valence-corrected chi connectivity index (χ4v) is 10.7. The maximum Gasteiger partial charge on any atom is 0.0468 e. The highest BCUT2D eigenvalue weighted by molar-refractivity contribution is 5.87. The summed E-state index contributed by atoms with van der Waals surface area (Å²) in [5, 5.41) is 0. The summed E-state index contributed by atoms with van der Waals surface area (Å²) in [7, 11) is 0. The molecule has 3 aliphatic rings. The molecule has 2 saturated carbocycles. The molecule has 4 unspecified atom stereocenters. The van der Waals surface area contributed by atoms with Crippen LogP contribution in [-0.4, -0.2) is 0 Å². The molecular formula is C53H48N2. The Labute approximate surface area is 326 Å². The van der Waals surface area contributed by atoms with Crippen molar-refractivity contribution in [3.05, 3.63) is 204 Å². The minimum absolute atomic E-state index is 0.0176. The predicted molar refractivity (Wildman–Crippen MR) is 231 cm³/mol. The third-order valence-corrected chi connectivity index (χ3v) is 13.5. The molecule has 270 valence electrons. The molecule has 2 fully saturated rings. The molecule has 4 atom stereocenters. The van der Waals surface area contributed by atoms with Crippen LogP contribution < -0.4 is 9.80 Å². The minimum Gasteiger partial charge on any atom is -0.311 e. The molecule has 0 aliphatic heterocycles. The van der Waals surface area contributed by atoms with Gasteiger partial charge >= 0.3 is 0 Å². The Bertz CT molecular complexity index is 2400. The number of rotatable bonds is 9. The zero-order valence-corrected chi connectivity index (χ0v) is 31.9. The van der Waals surface area contributed by atoms with Crippen LogP contribution >= 0.6 is 0 Å². The van der Waals surface area contributed by atoms with E-state index >= 15 is 0 Å². The molecule has 0 amide bonds. The minimum atomic E-state index is 0.0176. The molecule has 10 rings (SSSR count). The number of hydrogen-bond acceptors (Lipinski definition) is 2. The van der Waals surface area contributed by atoms with Crippen LogP contribution in [0.5, 0.6) is 0 Å². The van der Waals surface area contributed by atoms with E-state index in [0.717, 1.165) is 12.3 Å². The number of nitrogens with zero attached hydrogens (tertiary/aromatic N) is 2. The molecule has 0 radical (unpaired) electrons. The fraction of sp³-hybridized carbons (Fsp3) is 0.208. The number of anilines is 6. The maximum atomic E-state index is 2.46. The molecule has 0 N–H and O–H groups in total. The molecule has 2 bridgehead atoms. The highest BCUT2D eigenvalue weighted by Crippen LogP contribution is 2.60. The number of fused-ring (bicyclic) bond motifs is 5. The Morgan fingerprint density at radius 3 is 1.42 bits per heavy atom. The van der Waals surface area contributed by atoms with Crippen molar-refractivity contribution in [3.63, 3.8) is 0 Å². The molecule has 0 heterocycles. The summed E-state index contributed by atoms with van der Waals surface area (Å²) in [6.45, 7) is 4.73. The van der Waals surface area contributed by atoms with Gasteiger partial charge in [-0.15, -0.1) is 0 Å². The SMILES string of the molecule is CCC1(C)c2ccccc2-c2cc(N(c3ccccc3)c3ccc(C4(c5ccc(N(c6ccccc6)c6ccccc6)cc5)CC5CCC4C5)cc3)ccc21. The smallest absolute Gasteiger partial charge is 0.0468 e. The van der Waals surface area contributed by atoms with E-state index in [1.54, 1.807) is 0 Å². The lowest BCUT2D eigenvalue weighted by molar-refractivity contribution is 0.320. The van der Waals surface area contributed by atoms with E-state index in [4.69, 9.17) is 0 Å². The van der Waals surface area contributed by atoms with Crippen molar-refractivity contribution in [1.82, 2.24) is 0 Å². The van der Waals surface area contributed by atoms with Gasteiger partial charge in [0.05, 0.1) is 0 Å². The molecule has 2 nitrogen and oxygen atoms in total. The van der Waals surface area contributed by atoms with Crippen LogP contribution in [0.4, 0.5) is 34.1 Å². The highest BCUT2D eigenvalue weighted by atomic mass is 15.1. The second kappa shape index (κ2) is 13.5. The molecule has 3 aliphatic carbocycles. The topological polar surface area (TPSA) is 6.48 Å². The van der Waals surface area contributed by atoms with Crippen molar-refractivity contribution in [2.45, 2.75) is 56.8 Å². The van der Waals surface area contributed by atoms with E-state index in [2.05, 4.69) is 206 Å². The van der Waals surface area contributed by atoms with Crippen LogP contribution in [0.1, 0.15) is 68.2 Å². The maximum absolute atomic E-state index is 2.46. The van der Waals surface area contributed by atoms with Gasteiger partial charge in [0.25, 0.3) is 0 Å². The Kier molecular flexibility index (Phi) is 8.25. The van der Waals surface area contributed by atoms with E-state index in [0.29, 0.717) is 5.92 Å². The first-order valence-corrected chi connectivity index (χ1v) is 20.3. The number of benzene rings is 7. The first kappa shape index (κ1) is 33.7. The lowest BCUT2D eigenvalue weighted by Gasteiger charge is -2.40. The summed E-state index contributed by atoms with van der Waals surface area (Å²) >= 11 is 0. The molecule has 0 saturated heterocycles. The summed E-state index contributed by atoms with van der Waals surface area (Å²) in [5.41, 5.74) is 15.6. The van der Waals surface area contributed by atoms with Gasteiger partial charge < -0.3 is 9.80 Å². The van der Waals surface area contributed by atoms with Crippen LogP contribution in [0.2, 0.25) is 0 Å². The second-order valence-electron chi connectivity index (χ2n) is 16.3. The van der Waals surface area contributed by atoms with E-state index in [1.165, 1.54) is 93.2 Å². The van der Waals surface area contributed by atoms with Gasteiger partial charge in [0.2, 0.25) is 0 Å². The highest BCUT2D eigenvalue weighted by Gasteiger charge is 2.52. The van der Waals surface area contributed by atoms with Crippen molar-refractivity contribution in [2.24, 2.45) is 11.8 Å². The monoisotopic (exact) mass is 712 g/mol. The molecule has 0 spiro atoms. The third kappa shape index (κ3) is 5.45. The van der Waals surface area contributed by atoms with Crippen LogP contribution in [0.25, 0.3) is 11.1 Å². The first-order chi connectivity index (χ1) is 27.1. The van der Waals surface area contributed by atoms with Gasteiger partial charge in [0.1, 0.15) is 0 Å². The predicted octanol–water partition coefficient (Wildman–Crippen LogP) is 14.4. The van der Waals surface area contributed by atoms with Gasteiger partial charge in [0, 0.05) is 45.0 Å². The largest absolute Gasteiger partial charge is 0.311 e. The summed E-state index contributed by atoms with van der Waals surface area (Å²) in [6, 6.07) is 67.8. The summed E-state index contributed by atoms with van der Waals surface area (Å²) < 4.78 is 0. The average molecular weight is 713 g/mol. The van der Waals surface area contributed by atoms with E-state index < -0.39 is 0 Å². The standard InChI is InChI=1S/C53H48N2/c1-3-52(2)50-22-14-13-21-48(50)49-36-47(33-34-51(49)52)55(44-19-11-6-12-20-44)46-31-27-40(28-32-46)53(37-38-23-24-41(53)35-38)39-25-29-45(30-26-39)54(42-15-7-4-8-16-42)43-17-9-5-10-18-43/h4-22,25-34,36,38,41H,3,23-24,35,37H2,1-2H3. The molecule has 55 heavy (non-hydrogen) atoms. The van der Waals surface area contributed by atoms with E-state index in [-0.39, 0.29) is 10.8 Å². The molecule has 7 aromatic rings. The number of para-hydroxylation sites is 3. The van der Waals surface area contributed by atoms with Gasteiger partial charge in [-0.1, -0.05) is 129 Å². The van der Waals surface area contributed by atoms with Gasteiger partial charge in [-0.2, -0.15) is 0 Å². The Balaban J connectivity index is 1.04. The zero-order chi connectivity index (χ0) is 37.0. The zero-order valence-electron chi connectivity index (χ0n) is 31.9. The molecule has 7 aromatic carbocycles. The van der Waals surface area contributed by atoms with Crippen LogP contribution in [0.3, 0.4) is 0 Å². The lowest BCUT2D eigenvalue weighted by Crippen LogP contribution is -2.34. The van der Waals surface area contributed by atoms with E-state index in [1.807, 2.05) is 0 Å². The Hall–Kier alpha value is -5.86. The summed E-state index contributed by atoms with van der Waals surface area (Å²) in [5.74, 6) is 1.45. The lowest BCUT2D eigenvalue weighted by atomic mass is 9.64. The van der Waals surface area contributed by atoms with Gasteiger partial charge in [-0.25, -0.2) is 0 Å². The number of hydrogen-bond donors (Lipinski definition) is 0. The first-order valence-electron chi connectivity index (χ1n) is 20.3. The van der Waals surface area contributed by atoms with Crippen LogP contribution in [0.15, 0.2) is 182 Å². The fourth-order valence-electron chi connectivity index (χ4n) is 10.7. The third-order valence-electron chi connectivity index (χ3n) is 13.5. The molecular weight excluding hydrogens is 665 g/mol. The van der Waals surface area contributed by atoms with Crippen molar-refractivity contribution in [3.8, 4) is 11.1 Å². The van der Waals surface area contributed by atoms with Crippen molar-refractivity contribution >= 4 is 34.1 Å². The summed E-state index contributed by atoms with van der Waals surface area (Å²) in [6.07, 6.45) is 6.29. The van der Waals surface area contributed by atoms with Crippen molar-refractivity contribution in [2.75, 3.05) is 9.80 Å². The van der Waals surface area contributed by atoms with Crippen molar-refractivity contribution in [1.29, 1.82) is 0 Å². The Morgan fingerprint density at radius 2 is 0.927 bits per heavy atom. The summed E-state index contributed by atoms with van der Waals surface area (Å²) in [4.78, 5) is 4.81. The van der Waals surface area contributed by atoms with Crippen LogP contribution in [-0.2, 0) is 10.8 Å². The van der Waals surface area contributed by atoms with Gasteiger partial charge in [0.15, 0.2) is 0 Å². The Morgan fingerprint density at radius 1 is 0.473 bits per heavy atom. The van der Waals surface area contributed by atoms with Gasteiger partial charge in [-0.3, -0.25) is 0 Å². The normalized spacial score (nSPS) is 21.9. The van der Waals surface area contributed by atoms with Crippen LogP contribution in [0, 0.1) is 11.8 Å². The second-order valence-corrected chi connectivity index (χ2v) is 16.3. The average Bonchev–Trinajstić information content (AvgIpc) is 3.95. The van der Waals surface area contributed by atoms with E-state index in [9.17, 15) is 0 Å². The molecule has 2 heteroatoms. The molecule has 0 aromatic heterocycles. The quantitative estimate of drug-likeness (QED) is 0.147. The van der Waals surface area contributed by atoms with Crippen molar-refractivity contribution < 1.29 is 0 Å².